The van der Waals surface area contributed by atoms with Crippen LogP contribution in [0.1, 0.15) is 30.2 Å². The molecule has 0 saturated carbocycles. The van der Waals surface area contributed by atoms with E-state index in [2.05, 4.69) is 5.32 Å². The van der Waals surface area contributed by atoms with Crippen molar-refractivity contribution >= 4 is 32.9 Å². The lowest BCUT2D eigenvalue weighted by Crippen LogP contribution is -1.90. The van der Waals surface area contributed by atoms with Gasteiger partial charge >= 0.3 is 0 Å². The third-order valence-corrected chi connectivity index (χ3v) is 4.62. The predicted molar refractivity (Wildman–Crippen MR) is 142 cm³/mol. The second-order valence-corrected chi connectivity index (χ2v) is 6.62. The highest BCUT2D eigenvalue weighted by molar-refractivity contribution is 5.97. The van der Waals surface area contributed by atoms with Gasteiger partial charge in [-0.1, -0.05) is 109 Å². The Balaban J connectivity index is 1.62. The molecule has 1 N–H and O–H groups in total. The molecule has 156 valence electrons. The van der Waals surface area contributed by atoms with E-state index in [-0.39, 0.29) is 0 Å². The van der Waals surface area contributed by atoms with Crippen molar-refractivity contribution in [2.45, 2.75) is 0 Å². The van der Waals surface area contributed by atoms with Gasteiger partial charge in [0, 0.05) is 11.4 Å². The molecule has 0 saturated heterocycles. The van der Waals surface area contributed by atoms with E-state index in [4.69, 9.17) is 30.2 Å². The summed E-state index contributed by atoms with van der Waals surface area (Å²) in [7, 11) is 0. The first kappa shape index (κ1) is 7.07. The molecule has 0 unspecified atom stereocenters. The summed E-state index contributed by atoms with van der Waals surface area (Å²) in [6.07, 6.45) is 0. The quantitative estimate of drug-likeness (QED) is 0.286. The Labute approximate surface area is 224 Å². The normalized spacial score (nSPS) is 20.4. The summed E-state index contributed by atoms with van der Waals surface area (Å²) >= 11 is 0. The van der Waals surface area contributed by atoms with E-state index in [0.717, 1.165) is 0 Å². The molecule has 0 aliphatic heterocycles. The van der Waals surface area contributed by atoms with E-state index < -0.39 is 188 Å². The fourth-order valence-corrected chi connectivity index (χ4v) is 3.12. The molecule has 0 bridgehead atoms. The zero-order chi connectivity index (χ0) is 41.2. The van der Waals surface area contributed by atoms with Crippen molar-refractivity contribution in [3.05, 3.63) is 133 Å². The van der Waals surface area contributed by atoms with Gasteiger partial charge in [-0.25, -0.2) is 0 Å². The van der Waals surface area contributed by atoms with Crippen LogP contribution in [0.4, 0.5) is 11.4 Å². The summed E-state index contributed by atoms with van der Waals surface area (Å²) < 4.78 is 187. The summed E-state index contributed by atoms with van der Waals surface area (Å²) in [6, 6.07) is -17.9. The van der Waals surface area contributed by atoms with Gasteiger partial charge in [-0.05, 0) is 68.0 Å². The summed E-state index contributed by atoms with van der Waals surface area (Å²) in [5.74, 6) is 0. The topological polar surface area (TPSA) is 12.0 Å². The smallest absolute Gasteiger partial charge is 0.0645 e. The van der Waals surface area contributed by atoms with Crippen LogP contribution in [0.25, 0.3) is 43.8 Å². The Hall–Kier alpha value is -4.36. The largest absolute Gasteiger partial charge is 0.356 e. The summed E-state index contributed by atoms with van der Waals surface area (Å²) in [5.41, 5.74) is -3.87. The molecule has 0 amide bonds. The maximum Gasteiger partial charge on any atom is 0.0645 e. The third kappa shape index (κ3) is 3.75. The molecule has 0 fully saturated rings. The molecule has 0 aliphatic rings. The molecule has 33 heavy (non-hydrogen) atoms. The van der Waals surface area contributed by atoms with E-state index in [1.54, 1.807) is 0 Å². The molecule has 1 heteroatoms. The maximum atomic E-state index is 8.84. The first-order valence-electron chi connectivity index (χ1n) is 20.5. The number of fused-ring (bicyclic) bond motifs is 2. The van der Waals surface area contributed by atoms with Crippen LogP contribution in [0.3, 0.4) is 0 Å². The first-order valence-corrected chi connectivity index (χ1v) is 9.50. The van der Waals surface area contributed by atoms with Crippen LogP contribution in [0, 0.1) is 0 Å². The highest BCUT2D eigenvalue weighted by atomic mass is 14.9. The van der Waals surface area contributed by atoms with E-state index in [1.165, 1.54) is 0 Å². The fourth-order valence-electron chi connectivity index (χ4n) is 3.12. The van der Waals surface area contributed by atoms with Crippen molar-refractivity contribution < 1.29 is 30.2 Å². The Morgan fingerprint density at radius 2 is 0.788 bits per heavy atom. The van der Waals surface area contributed by atoms with Crippen molar-refractivity contribution in [2.75, 3.05) is 5.32 Å². The van der Waals surface area contributed by atoms with E-state index in [1.807, 2.05) is 0 Å². The van der Waals surface area contributed by atoms with Crippen molar-refractivity contribution in [1.29, 1.82) is 0 Å². The lowest BCUT2D eigenvalue weighted by Gasteiger charge is -2.11. The molecule has 6 aromatic rings. The Morgan fingerprint density at radius 1 is 0.394 bits per heavy atom. The lowest BCUT2D eigenvalue weighted by molar-refractivity contribution is 1.54. The van der Waals surface area contributed by atoms with Crippen LogP contribution in [0.2, 0.25) is 0 Å². The van der Waals surface area contributed by atoms with Gasteiger partial charge in [0.1, 0.15) is 0 Å². The van der Waals surface area contributed by atoms with E-state index in [0.29, 0.717) is 0 Å². The Bertz CT molecular complexity index is 2500. The minimum Gasteiger partial charge on any atom is -0.356 e. The monoisotopic (exact) mass is 443 g/mol. The SMILES string of the molecule is [2H]c1c([2H])c(-c2c([2H])c([2H])c([2H])c3c([2H])c([2H])c([2H])c([2H])c23)c([2H])c([2H])c1Nc1c([2H])c([2H])c(-c2c([2H])c([2H])c([2H])c3c([2H])c([2H])c([2H])c([2H])c23)c([2H])c1[2H]. The molecule has 6 rings (SSSR count). The van der Waals surface area contributed by atoms with Crippen LogP contribution in [0.15, 0.2) is 133 Å². The fraction of sp³-hybridized carbons (Fsp3) is 0. The minimum absolute atomic E-state index is 0.487. The highest BCUT2D eigenvalue weighted by Gasteiger charge is 2.05. The summed E-state index contributed by atoms with van der Waals surface area (Å²) in [6.45, 7) is 0. The average Bonchev–Trinajstić information content (AvgIpc) is 3.15. The van der Waals surface area contributed by atoms with Gasteiger partial charge in [0.15, 0.2) is 0 Å². The van der Waals surface area contributed by atoms with Crippen LogP contribution < -0.4 is 5.32 Å². The van der Waals surface area contributed by atoms with Gasteiger partial charge in [0.2, 0.25) is 0 Å². The Morgan fingerprint density at radius 3 is 1.24 bits per heavy atom. The third-order valence-electron chi connectivity index (χ3n) is 4.62. The zero-order valence-electron chi connectivity index (χ0n) is 38.5. The zero-order valence-corrected chi connectivity index (χ0v) is 16.5. The van der Waals surface area contributed by atoms with Crippen molar-refractivity contribution in [3.63, 3.8) is 0 Å². The van der Waals surface area contributed by atoms with Crippen molar-refractivity contribution in [3.8, 4) is 22.3 Å². The van der Waals surface area contributed by atoms with Gasteiger partial charge in [-0.3, -0.25) is 0 Å². The van der Waals surface area contributed by atoms with Crippen LogP contribution >= 0.6 is 0 Å². The van der Waals surface area contributed by atoms with Crippen molar-refractivity contribution in [2.24, 2.45) is 0 Å². The minimum atomic E-state index is -0.896. The number of nitrogens with one attached hydrogen (secondary N) is 1. The van der Waals surface area contributed by atoms with Crippen LogP contribution in [0.5, 0.6) is 0 Å². The predicted octanol–water partition coefficient (Wildman–Crippen LogP) is 9.07. The van der Waals surface area contributed by atoms with Gasteiger partial charge in [0.25, 0.3) is 0 Å². The number of benzene rings is 6. The second-order valence-electron chi connectivity index (χ2n) is 6.62. The van der Waals surface area contributed by atoms with Gasteiger partial charge < -0.3 is 5.32 Å². The number of rotatable bonds is 4. The van der Waals surface area contributed by atoms with Gasteiger partial charge in [0.05, 0.1) is 30.2 Å². The molecule has 0 atom stereocenters. The molecule has 0 radical (unpaired) electrons. The molecule has 0 aliphatic carbocycles. The van der Waals surface area contributed by atoms with E-state index >= 15 is 0 Å². The number of anilines is 2. The van der Waals surface area contributed by atoms with E-state index in [9.17, 15) is 0 Å². The molecule has 0 aromatic heterocycles. The first-order chi connectivity index (χ1) is 25.5. The van der Waals surface area contributed by atoms with Gasteiger partial charge in [-0.15, -0.1) is 0 Å². The number of hydrogen-bond acceptors (Lipinski definition) is 1. The number of hydrogen-bond donors (Lipinski definition) is 1. The van der Waals surface area contributed by atoms with Gasteiger partial charge in [-0.2, -0.15) is 0 Å². The summed E-state index contributed by atoms with van der Waals surface area (Å²) in [5, 5.41) is 0.458. The molecular weight excluding hydrogens is 398 g/mol. The van der Waals surface area contributed by atoms with Crippen LogP contribution in [-0.4, -0.2) is 0 Å². The second kappa shape index (κ2) is 8.29. The molecule has 1 nitrogen and oxygen atoms in total. The summed E-state index contributed by atoms with van der Waals surface area (Å²) in [4.78, 5) is 0. The molecular formula is C32H23N. The maximum absolute atomic E-state index is 8.84. The standard InChI is InChI=1S/C32H23N/c1-3-11-29-23(7-1)9-5-13-31(29)25-15-19-27(20-16-25)33-28-21-17-26(18-22-28)32-14-6-10-24-8-2-4-12-30(24)32/h1-22,33H/i1D,2D,3D,4D,5D,6D,7D,8D,9D,10D,11D,12D,13D,14D,15D,16D,17D,18D,19D,20D,21D,22D. The molecule has 0 heterocycles. The lowest BCUT2D eigenvalue weighted by atomic mass is 9.98. The highest BCUT2D eigenvalue weighted by Crippen LogP contribution is 2.32. The molecule has 6 aromatic carbocycles. The molecule has 0 spiro atoms. The van der Waals surface area contributed by atoms with Crippen LogP contribution in [-0.2, 0) is 0 Å². The van der Waals surface area contributed by atoms with Crippen molar-refractivity contribution in [1.82, 2.24) is 0 Å². The Kier molecular flexibility index (Phi) is 1.78. The average molecular weight is 444 g/mol.